The van der Waals surface area contributed by atoms with Gasteiger partial charge in [0, 0.05) is 35.6 Å². The molecule has 1 aromatic carbocycles. The quantitative estimate of drug-likeness (QED) is 0.667. The lowest BCUT2D eigenvalue weighted by atomic mass is 9.86. The first kappa shape index (κ1) is 19.2. The van der Waals surface area contributed by atoms with E-state index in [4.69, 9.17) is 9.47 Å². The van der Waals surface area contributed by atoms with Gasteiger partial charge in [0.2, 0.25) is 0 Å². The van der Waals surface area contributed by atoms with E-state index in [2.05, 4.69) is 40.0 Å². The van der Waals surface area contributed by atoms with Crippen LogP contribution in [0.2, 0.25) is 6.82 Å². The van der Waals surface area contributed by atoms with Crippen LogP contribution in [0.3, 0.4) is 0 Å². The summed E-state index contributed by atoms with van der Waals surface area (Å²) < 4.78 is 12.8. The van der Waals surface area contributed by atoms with Gasteiger partial charge in [-0.05, 0) is 52.8 Å². The van der Waals surface area contributed by atoms with Crippen molar-refractivity contribution in [2.45, 2.75) is 39.7 Å². The van der Waals surface area contributed by atoms with E-state index in [1.165, 1.54) is 0 Å². The molecule has 0 unspecified atom stereocenters. The zero-order valence-electron chi connectivity index (χ0n) is 15.3. The van der Waals surface area contributed by atoms with Gasteiger partial charge in [-0.1, -0.05) is 13.8 Å². The summed E-state index contributed by atoms with van der Waals surface area (Å²) in [5, 5.41) is 12.8. The Balaban J connectivity index is 1.78. The van der Waals surface area contributed by atoms with Gasteiger partial charge >= 0.3 is 7.05 Å². The fourth-order valence-electron chi connectivity index (χ4n) is 3.22. The first-order valence-corrected chi connectivity index (χ1v) is 9.70. The van der Waals surface area contributed by atoms with E-state index in [9.17, 15) is 5.02 Å². The Hall–Kier alpha value is -1.57. The molecule has 0 saturated carbocycles. The molecule has 26 heavy (non-hydrogen) atoms. The number of aromatic nitrogens is 1. The number of benzene rings is 1. The number of fused-ring (bicyclic) bond motifs is 3. The minimum Gasteiger partial charge on any atom is -0.491 e. The maximum atomic E-state index is 9.64. The van der Waals surface area contributed by atoms with E-state index in [1.54, 1.807) is 13.0 Å². The summed E-state index contributed by atoms with van der Waals surface area (Å²) in [6.07, 6.45) is 4.56. The van der Waals surface area contributed by atoms with Crippen molar-refractivity contribution in [1.82, 2.24) is 10.2 Å². The van der Waals surface area contributed by atoms with Gasteiger partial charge < -0.3 is 19.7 Å². The number of hydrogen-bond donors (Lipinski definition) is 2. The Bertz CT molecular complexity index is 760. The first-order chi connectivity index (χ1) is 12.4. The SMILES string of the molecule is CB(O)N[C@H](COc1cc2c(cc1Br)-c1ccncc1CO2)CC(C)C. The van der Waals surface area contributed by atoms with Crippen LogP contribution in [0.25, 0.3) is 11.1 Å². The van der Waals surface area contributed by atoms with Gasteiger partial charge in [-0.15, -0.1) is 0 Å². The highest BCUT2D eigenvalue weighted by Crippen LogP contribution is 2.42. The molecule has 0 bridgehead atoms. The highest BCUT2D eigenvalue weighted by Gasteiger charge is 2.21. The van der Waals surface area contributed by atoms with Crippen molar-refractivity contribution in [2.24, 2.45) is 5.92 Å². The molecule has 1 atom stereocenters. The van der Waals surface area contributed by atoms with E-state index in [1.807, 2.05) is 24.4 Å². The smallest absolute Gasteiger partial charge is 0.373 e. The predicted molar refractivity (Wildman–Crippen MR) is 107 cm³/mol. The zero-order valence-corrected chi connectivity index (χ0v) is 16.9. The maximum Gasteiger partial charge on any atom is 0.373 e. The van der Waals surface area contributed by atoms with Crippen LogP contribution in [0.5, 0.6) is 11.5 Å². The molecule has 0 saturated heterocycles. The van der Waals surface area contributed by atoms with Gasteiger partial charge in [-0.2, -0.15) is 0 Å². The van der Waals surface area contributed by atoms with E-state index >= 15 is 0 Å². The molecule has 0 spiro atoms. The summed E-state index contributed by atoms with van der Waals surface area (Å²) in [5.41, 5.74) is 3.26. The van der Waals surface area contributed by atoms with Crippen LogP contribution in [-0.4, -0.2) is 29.7 Å². The monoisotopic (exact) mass is 418 g/mol. The van der Waals surface area contributed by atoms with E-state index in [-0.39, 0.29) is 6.04 Å². The second-order valence-electron chi connectivity index (χ2n) is 7.08. The second kappa shape index (κ2) is 8.42. The Morgan fingerprint density at radius 3 is 2.92 bits per heavy atom. The molecule has 1 aromatic heterocycles. The first-order valence-electron chi connectivity index (χ1n) is 8.90. The minimum absolute atomic E-state index is 0.0747. The summed E-state index contributed by atoms with van der Waals surface area (Å²) in [4.78, 5) is 4.16. The number of rotatable bonds is 7. The van der Waals surface area contributed by atoms with Crippen LogP contribution in [0.4, 0.5) is 0 Å². The second-order valence-corrected chi connectivity index (χ2v) is 7.93. The van der Waals surface area contributed by atoms with Crippen molar-refractivity contribution in [1.29, 1.82) is 0 Å². The van der Waals surface area contributed by atoms with Crippen LogP contribution in [-0.2, 0) is 6.61 Å². The molecule has 2 aromatic rings. The molecule has 0 amide bonds. The molecule has 0 aliphatic carbocycles. The summed E-state index contributed by atoms with van der Waals surface area (Å²) >= 11 is 3.61. The Morgan fingerprint density at radius 2 is 2.19 bits per heavy atom. The van der Waals surface area contributed by atoms with Crippen molar-refractivity contribution in [3.63, 3.8) is 0 Å². The summed E-state index contributed by atoms with van der Waals surface area (Å²) in [7, 11) is -0.567. The van der Waals surface area contributed by atoms with Crippen molar-refractivity contribution < 1.29 is 14.5 Å². The maximum absolute atomic E-state index is 9.64. The number of ether oxygens (including phenoxy) is 2. The minimum atomic E-state index is -0.567. The molecule has 1 aliphatic rings. The molecule has 2 N–H and O–H groups in total. The molecule has 1 aliphatic heterocycles. The van der Waals surface area contributed by atoms with E-state index < -0.39 is 7.05 Å². The third kappa shape index (κ3) is 4.58. The lowest BCUT2D eigenvalue weighted by Gasteiger charge is -2.24. The van der Waals surface area contributed by atoms with Crippen LogP contribution in [0, 0.1) is 5.92 Å². The van der Waals surface area contributed by atoms with Gasteiger partial charge in [0.25, 0.3) is 0 Å². The highest BCUT2D eigenvalue weighted by molar-refractivity contribution is 9.10. The Labute approximate surface area is 163 Å². The molecule has 7 heteroatoms. The van der Waals surface area contributed by atoms with Crippen molar-refractivity contribution in [3.8, 4) is 22.6 Å². The van der Waals surface area contributed by atoms with Crippen LogP contribution >= 0.6 is 15.9 Å². The molecule has 2 heterocycles. The topological polar surface area (TPSA) is 63.6 Å². The number of nitrogens with one attached hydrogen (secondary N) is 1. The van der Waals surface area contributed by atoms with Gasteiger partial charge in [-0.3, -0.25) is 4.98 Å². The molecule has 0 fully saturated rings. The molecular formula is C19H24BBrN2O3. The third-order valence-electron chi connectivity index (χ3n) is 4.28. The Kier molecular flexibility index (Phi) is 6.22. The van der Waals surface area contributed by atoms with E-state index in [0.717, 1.165) is 39.1 Å². The third-order valence-corrected chi connectivity index (χ3v) is 4.90. The van der Waals surface area contributed by atoms with Gasteiger partial charge in [0.15, 0.2) is 0 Å². The highest BCUT2D eigenvalue weighted by atomic mass is 79.9. The zero-order chi connectivity index (χ0) is 18.7. The number of nitrogens with zero attached hydrogens (tertiary/aromatic N) is 1. The molecule has 5 nitrogen and oxygen atoms in total. The van der Waals surface area contributed by atoms with Crippen molar-refractivity contribution in [2.75, 3.05) is 6.61 Å². The van der Waals surface area contributed by atoms with Gasteiger partial charge in [0.05, 0.1) is 4.47 Å². The fourth-order valence-corrected chi connectivity index (χ4v) is 3.68. The summed E-state index contributed by atoms with van der Waals surface area (Å²) in [5.74, 6) is 2.06. The van der Waals surface area contributed by atoms with Crippen LogP contribution in [0.1, 0.15) is 25.8 Å². The van der Waals surface area contributed by atoms with Crippen LogP contribution < -0.4 is 14.7 Å². The lowest BCUT2D eigenvalue weighted by molar-refractivity contribution is 0.251. The van der Waals surface area contributed by atoms with Gasteiger partial charge in [0.1, 0.15) is 24.7 Å². The van der Waals surface area contributed by atoms with Crippen LogP contribution in [0.15, 0.2) is 35.1 Å². The summed E-state index contributed by atoms with van der Waals surface area (Å²) in [6, 6.07) is 6.04. The number of halogens is 1. The number of pyridine rings is 1. The lowest BCUT2D eigenvalue weighted by Crippen LogP contribution is -2.44. The largest absolute Gasteiger partial charge is 0.491 e. The predicted octanol–water partition coefficient (Wildman–Crippen LogP) is 3.90. The average molecular weight is 419 g/mol. The normalized spacial score (nSPS) is 13.6. The molecule has 3 rings (SSSR count). The molecule has 0 radical (unpaired) electrons. The van der Waals surface area contributed by atoms with Crippen molar-refractivity contribution >= 4 is 23.0 Å². The number of hydrogen-bond acceptors (Lipinski definition) is 5. The van der Waals surface area contributed by atoms with E-state index in [0.29, 0.717) is 19.1 Å². The molecular weight excluding hydrogens is 395 g/mol. The Morgan fingerprint density at radius 1 is 1.38 bits per heavy atom. The van der Waals surface area contributed by atoms with Gasteiger partial charge in [-0.25, -0.2) is 0 Å². The summed E-state index contributed by atoms with van der Waals surface area (Å²) in [6.45, 7) is 7.03. The standard InChI is InChI=1S/C19H24BBrN2O3/c1-12(2)6-14(23-20(3)24)11-26-19-8-18-16(7-17(19)21)15-4-5-22-9-13(15)10-25-18/h4-5,7-9,12,14,23-24H,6,10-11H2,1-3H3/t14-/m0/s1. The average Bonchev–Trinajstić information content (AvgIpc) is 2.58. The fraction of sp³-hybridized carbons (Fsp3) is 0.421. The molecule has 138 valence electrons. The van der Waals surface area contributed by atoms with Crippen molar-refractivity contribution in [3.05, 3.63) is 40.6 Å².